The van der Waals surface area contributed by atoms with Crippen molar-refractivity contribution in [3.63, 3.8) is 0 Å². The minimum Gasteiger partial charge on any atom is -0.336 e. The van der Waals surface area contributed by atoms with Gasteiger partial charge in [0.2, 0.25) is 0 Å². The summed E-state index contributed by atoms with van der Waals surface area (Å²) in [4.78, 5) is 15.7. The molecule has 0 saturated carbocycles. The predicted molar refractivity (Wildman–Crippen MR) is 115 cm³/mol. The number of rotatable bonds is 3. The van der Waals surface area contributed by atoms with Gasteiger partial charge in [-0.1, -0.05) is 35.9 Å². The van der Waals surface area contributed by atoms with Crippen molar-refractivity contribution in [1.29, 1.82) is 0 Å². The maximum absolute atomic E-state index is 13.1. The van der Waals surface area contributed by atoms with E-state index in [9.17, 15) is 13.2 Å². The van der Waals surface area contributed by atoms with Crippen LogP contribution < -0.4 is 0 Å². The molecule has 3 aromatic rings. The first-order valence-corrected chi connectivity index (χ1v) is 12.2. The summed E-state index contributed by atoms with van der Waals surface area (Å²) in [5.41, 5.74) is 1.79. The van der Waals surface area contributed by atoms with Gasteiger partial charge in [-0.15, -0.1) is 11.3 Å². The summed E-state index contributed by atoms with van der Waals surface area (Å²) < 4.78 is 27.3. The van der Waals surface area contributed by atoms with Crippen LogP contribution in [0.2, 0.25) is 5.02 Å². The quantitative estimate of drug-likeness (QED) is 0.609. The van der Waals surface area contributed by atoms with Crippen molar-refractivity contribution in [2.75, 3.05) is 18.8 Å². The lowest BCUT2D eigenvalue weighted by molar-refractivity contribution is 0.0755. The number of benzene rings is 1. The fraction of sp³-hybridized carbons (Fsp3) is 0.300. The number of aryl methyl sites for hydroxylation is 1. The van der Waals surface area contributed by atoms with Crippen molar-refractivity contribution in [2.24, 2.45) is 7.05 Å². The molecule has 1 saturated heterocycles. The second-order valence-electron chi connectivity index (χ2n) is 6.97. The molecule has 0 N–H and O–H groups in total. The van der Waals surface area contributed by atoms with Crippen molar-refractivity contribution < 1.29 is 13.2 Å². The van der Waals surface area contributed by atoms with Crippen LogP contribution in [0, 0.1) is 0 Å². The summed E-state index contributed by atoms with van der Waals surface area (Å²) in [6.07, 6.45) is 0.313. The fourth-order valence-electron chi connectivity index (χ4n) is 3.61. The number of halogens is 1. The third-order valence-electron chi connectivity index (χ3n) is 5.15. The molecule has 4 rings (SSSR count). The maximum Gasteiger partial charge on any atom is 0.272 e. The third-order valence-corrected chi connectivity index (χ3v) is 8.50. The van der Waals surface area contributed by atoms with E-state index in [2.05, 4.69) is 5.10 Å². The molecule has 0 radical (unpaired) electrons. The monoisotopic (exact) mass is 449 g/mol. The van der Waals surface area contributed by atoms with E-state index in [-0.39, 0.29) is 18.2 Å². The molecule has 1 atom stereocenters. The Morgan fingerprint density at radius 3 is 2.72 bits per heavy atom. The van der Waals surface area contributed by atoms with E-state index in [4.69, 9.17) is 11.6 Å². The molecule has 1 aliphatic heterocycles. The Balaban J connectivity index is 1.58. The smallest absolute Gasteiger partial charge is 0.272 e. The molecule has 6 nitrogen and oxygen atoms in total. The van der Waals surface area contributed by atoms with Gasteiger partial charge in [-0.2, -0.15) is 5.10 Å². The molecule has 0 bridgehead atoms. The number of amides is 1. The zero-order valence-electron chi connectivity index (χ0n) is 15.8. The highest BCUT2D eigenvalue weighted by molar-refractivity contribution is 7.91. The van der Waals surface area contributed by atoms with Crippen molar-refractivity contribution in [3.8, 4) is 10.6 Å². The number of nitrogens with zero attached hydrogens (tertiary/aromatic N) is 3. The summed E-state index contributed by atoms with van der Waals surface area (Å²) in [7, 11) is -1.70. The predicted octanol–water partition coefficient (Wildman–Crippen LogP) is 3.80. The molecule has 0 aliphatic carbocycles. The van der Waals surface area contributed by atoms with E-state index >= 15 is 0 Å². The van der Waals surface area contributed by atoms with Gasteiger partial charge < -0.3 is 4.90 Å². The van der Waals surface area contributed by atoms with Gasteiger partial charge in [-0.05, 0) is 35.6 Å². The number of aromatic nitrogens is 2. The minimum atomic E-state index is -3.42. The van der Waals surface area contributed by atoms with E-state index in [1.807, 2.05) is 17.5 Å². The Morgan fingerprint density at radius 1 is 1.21 bits per heavy atom. The van der Waals surface area contributed by atoms with Gasteiger partial charge in [0.05, 0.1) is 15.9 Å². The van der Waals surface area contributed by atoms with Crippen LogP contribution in [0.1, 0.15) is 27.7 Å². The van der Waals surface area contributed by atoms with E-state index < -0.39 is 15.1 Å². The molecule has 2 aromatic heterocycles. The van der Waals surface area contributed by atoms with Crippen molar-refractivity contribution in [1.82, 2.24) is 14.7 Å². The molecule has 1 aliphatic rings. The Hall–Kier alpha value is -2.16. The molecule has 9 heteroatoms. The van der Waals surface area contributed by atoms with Crippen LogP contribution in [-0.2, 0) is 16.9 Å². The maximum atomic E-state index is 13.1. The second kappa shape index (κ2) is 7.93. The SMILES string of the molecule is Cn1nc(-c2cccs2)cc1C(=O)N1CCC(c2ccccc2Cl)S(=O)(=O)CC1. The standard InChI is InChI=1S/C20H20ClN3O3S2/c1-23-17(13-16(22-23)18-7-4-11-28-18)20(25)24-9-8-19(29(26,27)12-10-24)14-5-2-3-6-15(14)21/h2-7,11,13,19H,8-10,12H2,1H3. The average molecular weight is 450 g/mol. The number of sulfone groups is 1. The molecule has 1 aromatic carbocycles. The van der Waals surface area contributed by atoms with E-state index in [1.165, 1.54) is 0 Å². The lowest BCUT2D eigenvalue weighted by atomic mass is 10.1. The lowest BCUT2D eigenvalue weighted by Gasteiger charge is -2.20. The number of thiophene rings is 1. The highest BCUT2D eigenvalue weighted by Gasteiger charge is 2.34. The fourth-order valence-corrected chi connectivity index (χ4v) is 6.44. The van der Waals surface area contributed by atoms with Crippen LogP contribution in [-0.4, -0.2) is 47.8 Å². The van der Waals surface area contributed by atoms with Gasteiger partial charge in [0.1, 0.15) is 11.4 Å². The third kappa shape index (κ3) is 3.97. The topological polar surface area (TPSA) is 72.3 Å². The van der Waals surface area contributed by atoms with E-state index in [0.29, 0.717) is 29.2 Å². The van der Waals surface area contributed by atoms with Gasteiger partial charge in [-0.25, -0.2) is 8.42 Å². The average Bonchev–Trinajstić information content (AvgIpc) is 3.31. The summed E-state index contributed by atoms with van der Waals surface area (Å²) in [6.45, 7) is 0.495. The highest BCUT2D eigenvalue weighted by Crippen LogP contribution is 2.34. The van der Waals surface area contributed by atoms with Gasteiger partial charge in [0.15, 0.2) is 9.84 Å². The summed E-state index contributed by atoms with van der Waals surface area (Å²) in [5.74, 6) is -0.303. The van der Waals surface area contributed by atoms with Gasteiger partial charge in [0, 0.05) is 25.2 Å². The normalized spacial score (nSPS) is 19.1. The Labute approximate surface area is 178 Å². The van der Waals surface area contributed by atoms with Crippen LogP contribution in [0.5, 0.6) is 0 Å². The van der Waals surface area contributed by atoms with Crippen molar-refractivity contribution in [2.45, 2.75) is 11.7 Å². The summed E-state index contributed by atoms with van der Waals surface area (Å²) in [5, 5.41) is 6.13. The zero-order valence-corrected chi connectivity index (χ0v) is 18.2. The molecule has 0 spiro atoms. The Morgan fingerprint density at radius 2 is 2.00 bits per heavy atom. The molecule has 152 valence electrons. The van der Waals surface area contributed by atoms with Crippen LogP contribution >= 0.6 is 22.9 Å². The number of carbonyl (C=O) groups is 1. The molecule has 3 heterocycles. The van der Waals surface area contributed by atoms with Crippen LogP contribution in [0.4, 0.5) is 0 Å². The van der Waals surface area contributed by atoms with Crippen molar-refractivity contribution >= 4 is 38.7 Å². The van der Waals surface area contributed by atoms with Gasteiger partial charge in [0.25, 0.3) is 5.91 Å². The lowest BCUT2D eigenvalue weighted by Crippen LogP contribution is -2.34. The van der Waals surface area contributed by atoms with E-state index in [1.54, 1.807) is 58.3 Å². The van der Waals surface area contributed by atoms with Crippen LogP contribution in [0.25, 0.3) is 10.6 Å². The number of hydrogen-bond acceptors (Lipinski definition) is 5. The largest absolute Gasteiger partial charge is 0.336 e. The molecule has 1 amide bonds. The minimum absolute atomic E-state index is 0.0930. The number of carbonyl (C=O) groups excluding carboxylic acids is 1. The summed E-state index contributed by atoms with van der Waals surface area (Å²) in [6, 6.07) is 12.7. The Kier molecular flexibility index (Phi) is 5.50. The summed E-state index contributed by atoms with van der Waals surface area (Å²) >= 11 is 7.80. The van der Waals surface area contributed by atoms with E-state index in [0.717, 1.165) is 10.6 Å². The zero-order chi connectivity index (χ0) is 20.6. The molecule has 1 fully saturated rings. The van der Waals surface area contributed by atoms with Gasteiger partial charge in [-0.3, -0.25) is 9.48 Å². The van der Waals surface area contributed by atoms with Crippen LogP contribution in [0.15, 0.2) is 47.8 Å². The Bertz CT molecular complexity index is 1140. The first-order valence-electron chi connectivity index (χ1n) is 9.20. The highest BCUT2D eigenvalue weighted by atomic mass is 35.5. The van der Waals surface area contributed by atoms with Crippen molar-refractivity contribution in [3.05, 3.63) is 64.1 Å². The molecule has 29 heavy (non-hydrogen) atoms. The van der Waals surface area contributed by atoms with Crippen LogP contribution in [0.3, 0.4) is 0 Å². The second-order valence-corrected chi connectivity index (χ2v) is 10.6. The first-order chi connectivity index (χ1) is 13.9. The molecule has 1 unspecified atom stereocenters. The number of hydrogen-bond donors (Lipinski definition) is 0. The molecular formula is C20H20ClN3O3S2. The first kappa shape index (κ1) is 20.1. The van der Waals surface area contributed by atoms with Gasteiger partial charge >= 0.3 is 0 Å². The molecular weight excluding hydrogens is 430 g/mol.